The lowest BCUT2D eigenvalue weighted by Crippen LogP contribution is -2.31. The highest BCUT2D eigenvalue weighted by atomic mass is 32.2. The van der Waals surface area contributed by atoms with E-state index in [0.29, 0.717) is 47.3 Å². The van der Waals surface area contributed by atoms with Crippen molar-refractivity contribution in [2.24, 2.45) is 0 Å². The van der Waals surface area contributed by atoms with Crippen molar-refractivity contribution in [3.05, 3.63) is 150 Å². The Balaban J connectivity index is 0.944. The smallest absolute Gasteiger partial charge is 0.256 e. The van der Waals surface area contributed by atoms with Crippen LogP contribution in [0, 0.1) is 0 Å². The topological polar surface area (TPSA) is 149 Å². The minimum atomic E-state index is -0.650. The monoisotopic (exact) mass is 796 g/mol. The number of nitrogens with one attached hydrogen (secondary N) is 2. The molecular formula is C47H48N4O6S. The molecule has 0 radical (unpaired) electrons. The summed E-state index contributed by atoms with van der Waals surface area (Å²) in [6, 6.07) is 42.6. The molecule has 6 aromatic rings. The Morgan fingerprint density at radius 2 is 1.33 bits per heavy atom. The summed E-state index contributed by atoms with van der Waals surface area (Å²) in [5, 5.41) is 16.0. The molecule has 3 atom stereocenters. The molecule has 5 N–H and O–H groups in total. The Morgan fingerprint density at radius 3 is 2.00 bits per heavy atom. The van der Waals surface area contributed by atoms with E-state index in [1.807, 2.05) is 121 Å². The van der Waals surface area contributed by atoms with Gasteiger partial charge in [0, 0.05) is 47.4 Å². The van der Waals surface area contributed by atoms with Crippen LogP contribution in [0.25, 0.3) is 22.6 Å². The van der Waals surface area contributed by atoms with Crippen molar-refractivity contribution in [3.63, 3.8) is 0 Å². The van der Waals surface area contributed by atoms with Crippen LogP contribution in [-0.4, -0.2) is 33.8 Å². The van der Waals surface area contributed by atoms with E-state index in [1.165, 1.54) is 11.8 Å². The molecule has 1 saturated heterocycles. The van der Waals surface area contributed by atoms with Crippen LogP contribution in [0.4, 0.5) is 17.1 Å². The highest BCUT2D eigenvalue weighted by Gasteiger charge is 2.33. The fourth-order valence-electron chi connectivity index (χ4n) is 6.82. The number of carbonyl (C=O) groups excluding carboxylic acids is 2. The Kier molecular flexibility index (Phi) is 14.0. The van der Waals surface area contributed by atoms with Crippen molar-refractivity contribution in [1.29, 1.82) is 0 Å². The predicted molar refractivity (Wildman–Crippen MR) is 229 cm³/mol. The molecule has 0 bridgehead atoms. The molecule has 1 aliphatic rings. The molecule has 5 aromatic carbocycles. The van der Waals surface area contributed by atoms with E-state index in [-0.39, 0.29) is 30.6 Å². The average molecular weight is 797 g/mol. The quantitative estimate of drug-likeness (QED) is 0.0402. The van der Waals surface area contributed by atoms with Crippen LogP contribution in [0.1, 0.15) is 74.0 Å². The Bertz CT molecular complexity index is 2180. The molecule has 298 valence electrons. The molecule has 10 nitrogen and oxygen atoms in total. The van der Waals surface area contributed by atoms with Crippen LogP contribution in [0.3, 0.4) is 0 Å². The summed E-state index contributed by atoms with van der Waals surface area (Å²) in [7, 11) is 0. The molecular weight excluding hydrogens is 749 g/mol. The van der Waals surface area contributed by atoms with Gasteiger partial charge in [0.05, 0.1) is 30.2 Å². The average Bonchev–Trinajstić information content (AvgIpc) is 3.70. The van der Waals surface area contributed by atoms with Crippen molar-refractivity contribution in [2.75, 3.05) is 22.1 Å². The summed E-state index contributed by atoms with van der Waals surface area (Å²) >= 11 is 1.51. The second kappa shape index (κ2) is 20.1. The van der Waals surface area contributed by atoms with Gasteiger partial charge in [0.15, 0.2) is 12.1 Å². The number of thioether (sulfide) groups is 1. The zero-order valence-corrected chi connectivity index (χ0v) is 33.0. The lowest BCUT2D eigenvalue weighted by molar-refractivity contribution is -0.245. The van der Waals surface area contributed by atoms with Gasteiger partial charge < -0.3 is 35.4 Å². The number of aliphatic hydroxyl groups is 1. The van der Waals surface area contributed by atoms with Gasteiger partial charge in [0.2, 0.25) is 11.8 Å². The van der Waals surface area contributed by atoms with Crippen molar-refractivity contribution in [3.8, 4) is 22.6 Å². The maximum absolute atomic E-state index is 12.8. The molecule has 1 fully saturated rings. The lowest BCUT2D eigenvalue weighted by atomic mass is 10.0. The third-order valence-corrected chi connectivity index (χ3v) is 10.9. The fourth-order valence-corrected chi connectivity index (χ4v) is 7.66. The number of ether oxygens (including phenoxy) is 2. The van der Waals surface area contributed by atoms with E-state index in [4.69, 9.17) is 24.6 Å². The number of unbranched alkanes of at least 4 members (excludes halogenated alkanes) is 3. The number of hydrogen-bond donors (Lipinski definition) is 4. The Hall–Kier alpha value is -5.72. The molecule has 7 rings (SSSR count). The maximum Gasteiger partial charge on any atom is 0.256 e. The Morgan fingerprint density at radius 1 is 0.707 bits per heavy atom. The van der Waals surface area contributed by atoms with Crippen molar-refractivity contribution in [2.45, 2.75) is 75.3 Å². The third-order valence-electron chi connectivity index (χ3n) is 9.96. The zero-order chi connectivity index (χ0) is 40.1. The third kappa shape index (κ3) is 11.0. The largest absolute Gasteiger partial charge is 0.431 e. The van der Waals surface area contributed by atoms with E-state index >= 15 is 0 Å². The second-order valence-electron chi connectivity index (χ2n) is 14.3. The highest BCUT2D eigenvalue weighted by Crippen LogP contribution is 2.41. The summed E-state index contributed by atoms with van der Waals surface area (Å²) < 4.78 is 19.5. The summed E-state index contributed by atoms with van der Waals surface area (Å²) in [5.41, 5.74) is 13.2. The van der Waals surface area contributed by atoms with Crippen LogP contribution in [0.15, 0.2) is 143 Å². The van der Waals surface area contributed by atoms with Crippen molar-refractivity contribution < 1.29 is 28.6 Å². The van der Waals surface area contributed by atoms with E-state index in [0.717, 1.165) is 65.0 Å². The predicted octanol–water partition coefficient (Wildman–Crippen LogP) is 10.3. The number of anilines is 3. The number of aromatic nitrogens is 1. The number of aliphatic hydroxyl groups excluding tert-OH is 1. The first-order valence-corrected chi connectivity index (χ1v) is 20.7. The van der Waals surface area contributed by atoms with Crippen LogP contribution in [-0.2, 0) is 25.7 Å². The number of nitrogens with two attached hydrogens (primary N) is 1. The summed E-state index contributed by atoms with van der Waals surface area (Å²) in [6.07, 6.45) is 3.49. The first kappa shape index (κ1) is 40.5. The van der Waals surface area contributed by atoms with Gasteiger partial charge in [0.25, 0.3) is 5.22 Å². The molecule has 2 heterocycles. The maximum atomic E-state index is 12.8. The van der Waals surface area contributed by atoms with Crippen LogP contribution in [0.5, 0.6) is 0 Å². The van der Waals surface area contributed by atoms with Crippen LogP contribution in [0.2, 0.25) is 0 Å². The Labute approximate surface area is 343 Å². The standard InChI is InChI=1S/C47H48N4O6S/c48-39-17-11-12-18-40(39)50-43(54)20-10-2-1-9-19-42(53)49-37-27-25-36(26-28-37)46-55-38(29-41(56-46)33-23-21-32(30-52)22-24-33)31-58-47-51-44(34-13-5-3-6-14-34)45(57-47)35-15-7-4-8-16-35/h3-8,11-18,21-28,38,41,46,52H,1-2,9-10,19-20,29-31,48H2,(H,49,53)(H,50,54). The minimum absolute atomic E-state index is 0.0298. The molecule has 0 aliphatic carbocycles. The van der Waals surface area contributed by atoms with Gasteiger partial charge in [-0.25, -0.2) is 4.98 Å². The van der Waals surface area contributed by atoms with Crippen molar-refractivity contribution >= 4 is 40.6 Å². The molecule has 2 amide bonds. The second-order valence-corrected chi connectivity index (χ2v) is 15.2. The number of amides is 2. The first-order chi connectivity index (χ1) is 28.4. The van der Waals surface area contributed by atoms with E-state index in [9.17, 15) is 14.7 Å². The minimum Gasteiger partial charge on any atom is -0.431 e. The summed E-state index contributed by atoms with van der Waals surface area (Å²) in [6.45, 7) is -0.0298. The number of para-hydroxylation sites is 2. The van der Waals surface area contributed by atoms with Gasteiger partial charge in [-0.05, 0) is 48.2 Å². The van der Waals surface area contributed by atoms with Gasteiger partial charge in [-0.3, -0.25) is 9.59 Å². The normalized spacial score (nSPS) is 16.5. The summed E-state index contributed by atoms with van der Waals surface area (Å²) in [4.78, 5) is 30.0. The number of nitrogens with zero attached hydrogens (tertiary/aromatic N) is 1. The SMILES string of the molecule is Nc1ccccc1NC(=O)CCCCCCC(=O)Nc1ccc(C2OC(CSc3nc(-c4ccccc4)c(-c4ccccc4)o3)CC(c3ccc(CO)cc3)O2)cc1. The number of nitrogen functional groups attached to an aromatic ring is 1. The molecule has 3 unspecified atom stereocenters. The molecule has 1 aliphatic heterocycles. The number of carbonyl (C=O) groups is 2. The van der Waals surface area contributed by atoms with E-state index in [1.54, 1.807) is 12.1 Å². The van der Waals surface area contributed by atoms with Gasteiger partial charge in [-0.1, -0.05) is 134 Å². The number of oxazole rings is 1. The first-order valence-electron chi connectivity index (χ1n) is 19.7. The molecule has 0 saturated carbocycles. The lowest BCUT2D eigenvalue weighted by Gasteiger charge is -2.36. The van der Waals surface area contributed by atoms with E-state index < -0.39 is 6.29 Å². The van der Waals surface area contributed by atoms with Gasteiger partial charge in [-0.2, -0.15) is 0 Å². The van der Waals surface area contributed by atoms with Crippen LogP contribution < -0.4 is 16.4 Å². The fraction of sp³-hybridized carbons (Fsp3) is 0.255. The number of benzene rings is 5. The van der Waals surface area contributed by atoms with Crippen LogP contribution >= 0.6 is 11.8 Å². The number of hydrogen-bond acceptors (Lipinski definition) is 9. The highest BCUT2D eigenvalue weighted by molar-refractivity contribution is 7.99. The molecule has 11 heteroatoms. The van der Waals surface area contributed by atoms with E-state index in [2.05, 4.69) is 10.6 Å². The number of rotatable bonds is 17. The van der Waals surface area contributed by atoms with Crippen molar-refractivity contribution in [1.82, 2.24) is 4.98 Å². The van der Waals surface area contributed by atoms with Gasteiger partial charge >= 0.3 is 0 Å². The van der Waals surface area contributed by atoms with Gasteiger partial charge in [0.1, 0.15) is 5.69 Å². The molecule has 0 spiro atoms. The summed E-state index contributed by atoms with van der Waals surface area (Å²) in [5.74, 6) is 1.18. The molecule has 58 heavy (non-hydrogen) atoms. The molecule has 1 aromatic heterocycles. The zero-order valence-electron chi connectivity index (χ0n) is 32.2. The van der Waals surface area contributed by atoms with Gasteiger partial charge in [-0.15, -0.1) is 0 Å².